The number of benzene rings is 2. The molecule has 1 amide bonds. The van der Waals surface area contributed by atoms with Crippen molar-refractivity contribution in [3.8, 4) is 11.3 Å². The minimum absolute atomic E-state index is 0.0264. The first-order chi connectivity index (χ1) is 11.7. The van der Waals surface area contributed by atoms with Crippen LogP contribution in [-0.2, 0) is 17.8 Å². The second-order valence-corrected chi connectivity index (χ2v) is 5.76. The number of aryl methyl sites for hydroxylation is 2. The lowest BCUT2D eigenvalue weighted by molar-refractivity contribution is -0.121. The fraction of sp³-hybridized carbons (Fsp3) is 0.200. The molecule has 3 aromatic rings. The maximum atomic E-state index is 12.1. The Balaban J connectivity index is 1.56. The van der Waals surface area contributed by atoms with Gasteiger partial charge in [0.1, 0.15) is 12.0 Å². The predicted octanol–water partition coefficient (Wildman–Crippen LogP) is 3.90. The van der Waals surface area contributed by atoms with Gasteiger partial charge >= 0.3 is 0 Å². The zero-order valence-corrected chi connectivity index (χ0v) is 13.7. The van der Waals surface area contributed by atoms with Crippen molar-refractivity contribution in [2.75, 3.05) is 0 Å². The maximum Gasteiger partial charge on any atom is 0.220 e. The predicted molar refractivity (Wildman–Crippen MR) is 93.3 cm³/mol. The summed E-state index contributed by atoms with van der Waals surface area (Å²) in [5, 5.41) is 7.03. The molecule has 4 heteroatoms. The molecule has 2 aromatic carbocycles. The van der Waals surface area contributed by atoms with Crippen molar-refractivity contribution < 1.29 is 9.32 Å². The second kappa shape index (κ2) is 7.59. The molecular formula is C20H20N2O2. The lowest BCUT2D eigenvalue weighted by atomic mass is 10.0. The van der Waals surface area contributed by atoms with Crippen molar-refractivity contribution in [2.45, 2.75) is 26.3 Å². The Morgan fingerprint density at radius 2 is 1.79 bits per heavy atom. The summed E-state index contributed by atoms with van der Waals surface area (Å²) in [4.78, 5) is 12.1. The average Bonchev–Trinajstić information content (AvgIpc) is 3.08. The van der Waals surface area contributed by atoms with Gasteiger partial charge in [-0.2, -0.15) is 0 Å². The first-order valence-corrected chi connectivity index (χ1v) is 8.04. The SMILES string of the molecule is Cc1ccccc1CNC(=O)CCc1conc1-c1ccccc1. The van der Waals surface area contributed by atoms with Crippen molar-refractivity contribution in [2.24, 2.45) is 0 Å². The Hall–Kier alpha value is -2.88. The molecule has 122 valence electrons. The van der Waals surface area contributed by atoms with Crippen LogP contribution in [0.5, 0.6) is 0 Å². The summed E-state index contributed by atoms with van der Waals surface area (Å²) in [5.74, 6) is 0.0264. The molecule has 24 heavy (non-hydrogen) atoms. The molecule has 0 aliphatic rings. The molecule has 1 heterocycles. The first kappa shape index (κ1) is 16.0. The topological polar surface area (TPSA) is 55.1 Å². The number of rotatable bonds is 6. The molecule has 3 rings (SSSR count). The molecule has 0 atom stereocenters. The Bertz CT molecular complexity index is 809. The van der Waals surface area contributed by atoms with E-state index in [1.165, 1.54) is 5.56 Å². The number of hydrogen-bond acceptors (Lipinski definition) is 3. The smallest absolute Gasteiger partial charge is 0.220 e. The van der Waals surface area contributed by atoms with Gasteiger partial charge in [0, 0.05) is 24.1 Å². The Kier molecular flexibility index (Phi) is 5.06. The molecule has 0 saturated carbocycles. The summed E-state index contributed by atoms with van der Waals surface area (Å²) in [5.41, 5.74) is 5.08. The van der Waals surface area contributed by atoms with E-state index in [9.17, 15) is 4.79 Å². The van der Waals surface area contributed by atoms with Crippen LogP contribution < -0.4 is 5.32 Å². The average molecular weight is 320 g/mol. The summed E-state index contributed by atoms with van der Waals surface area (Å²) in [6.45, 7) is 2.60. The molecule has 0 radical (unpaired) electrons. The van der Waals surface area contributed by atoms with Crippen molar-refractivity contribution in [3.63, 3.8) is 0 Å². The highest BCUT2D eigenvalue weighted by Gasteiger charge is 2.12. The van der Waals surface area contributed by atoms with Crippen LogP contribution in [0.1, 0.15) is 23.1 Å². The molecule has 1 N–H and O–H groups in total. The van der Waals surface area contributed by atoms with E-state index in [0.29, 0.717) is 19.4 Å². The van der Waals surface area contributed by atoms with E-state index in [1.54, 1.807) is 6.26 Å². The van der Waals surface area contributed by atoms with Crippen LogP contribution in [0.4, 0.5) is 0 Å². The van der Waals surface area contributed by atoms with Crippen LogP contribution in [-0.4, -0.2) is 11.1 Å². The van der Waals surface area contributed by atoms with Crippen LogP contribution in [0.3, 0.4) is 0 Å². The highest BCUT2D eigenvalue weighted by atomic mass is 16.5. The van der Waals surface area contributed by atoms with Crippen LogP contribution >= 0.6 is 0 Å². The highest BCUT2D eigenvalue weighted by molar-refractivity contribution is 5.76. The summed E-state index contributed by atoms with van der Waals surface area (Å²) < 4.78 is 5.10. The summed E-state index contributed by atoms with van der Waals surface area (Å²) in [6.07, 6.45) is 2.64. The molecule has 0 saturated heterocycles. The molecule has 0 spiro atoms. The van der Waals surface area contributed by atoms with Crippen LogP contribution in [0.15, 0.2) is 65.4 Å². The van der Waals surface area contributed by atoms with E-state index >= 15 is 0 Å². The molecule has 1 aromatic heterocycles. The number of hydrogen-bond donors (Lipinski definition) is 1. The summed E-state index contributed by atoms with van der Waals surface area (Å²) in [7, 11) is 0. The minimum Gasteiger partial charge on any atom is -0.364 e. The second-order valence-electron chi connectivity index (χ2n) is 5.76. The normalized spacial score (nSPS) is 10.5. The Morgan fingerprint density at radius 1 is 1.04 bits per heavy atom. The standard InChI is InChI=1S/C20H20N2O2/c1-15-7-5-6-10-17(15)13-21-19(23)12-11-18-14-24-22-20(18)16-8-3-2-4-9-16/h2-10,14H,11-13H2,1H3,(H,21,23). The van der Waals surface area contributed by atoms with Gasteiger partial charge in [0.15, 0.2) is 0 Å². The first-order valence-electron chi connectivity index (χ1n) is 8.04. The number of carbonyl (C=O) groups is 1. The van der Waals surface area contributed by atoms with E-state index in [2.05, 4.69) is 10.5 Å². The number of amides is 1. The van der Waals surface area contributed by atoms with E-state index in [0.717, 1.165) is 22.4 Å². The van der Waals surface area contributed by atoms with E-state index in [-0.39, 0.29) is 5.91 Å². The maximum absolute atomic E-state index is 12.1. The largest absolute Gasteiger partial charge is 0.364 e. The number of carbonyl (C=O) groups excluding carboxylic acids is 1. The Morgan fingerprint density at radius 3 is 2.58 bits per heavy atom. The molecule has 0 aliphatic carbocycles. The van der Waals surface area contributed by atoms with Crippen molar-refractivity contribution >= 4 is 5.91 Å². The molecule has 0 aliphatic heterocycles. The van der Waals surface area contributed by atoms with Gasteiger partial charge in [-0.1, -0.05) is 59.8 Å². The minimum atomic E-state index is 0.0264. The highest BCUT2D eigenvalue weighted by Crippen LogP contribution is 2.22. The molecule has 0 fully saturated rings. The van der Waals surface area contributed by atoms with Gasteiger partial charge in [-0.15, -0.1) is 0 Å². The van der Waals surface area contributed by atoms with Crippen molar-refractivity contribution in [3.05, 3.63) is 77.6 Å². The summed E-state index contributed by atoms with van der Waals surface area (Å²) >= 11 is 0. The van der Waals surface area contributed by atoms with Crippen LogP contribution in [0.2, 0.25) is 0 Å². The van der Waals surface area contributed by atoms with Gasteiger partial charge in [-0.05, 0) is 24.5 Å². The molecule has 0 bridgehead atoms. The molecule has 4 nitrogen and oxygen atoms in total. The lowest BCUT2D eigenvalue weighted by Crippen LogP contribution is -2.23. The van der Waals surface area contributed by atoms with Gasteiger partial charge in [-0.25, -0.2) is 0 Å². The monoisotopic (exact) mass is 320 g/mol. The Labute approximate surface area is 141 Å². The van der Waals surface area contributed by atoms with E-state index in [4.69, 9.17) is 4.52 Å². The number of aromatic nitrogens is 1. The third-order valence-corrected chi connectivity index (χ3v) is 4.05. The fourth-order valence-electron chi connectivity index (χ4n) is 2.61. The number of nitrogens with zero attached hydrogens (tertiary/aromatic N) is 1. The zero-order chi connectivity index (χ0) is 16.8. The van der Waals surface area contributed by atoms with Gasteiger partial charge in [0.2, 0.25) is 5.91 Å². The van der Waals surface area contributed by atoms with Gasteiger partial charge in [-0.3, -0.25) is 4.79 Å². The molecule has 0 unspecified atom stereocenters. The summed E-state index contributed by atoms with van der Waals surface area (Å²) in [6, 6.07) is 17.9. The quantitative estimate of drug-likeness (QED) is 0.749. The van der Waals surface area contributed by atoms with Gasteiger partial charge in [0.25, 0.3) is 0 Å². The fourth-order valence-corrected chi connectivity index (χ4v) is 2.61. The van der Waals surface area contributed by atoms with E-state index in [1.807, 2.05) is 61.5 Å². The number of nitrogens with one attached hydrogen (secondary N) is 1. The van der Waals surface area contributed by atoms with Crippen molar-refractivity contribution in [1.29, 1.82) is 0 Å². The third-order valence-electron chi connectivity index (χ3n) is 4.05. The van der Waals surface area contributed by atoms with E-state index < -0.39 is 0 Å². The van der Waals surface area contributed by atoms with Gasteiger partial charge < -0.3 is 9.84 Å². The van der Waals surface area contributed by atoms with Gasteiger partial charge in [0.05, 0.1) is 0 Å². The third kappa shape index (κ3) is 3.90. The lowest BCUT2D eigenvalue weighted by Gasteiger charge is -2.07. The van der Waals surface area contributed by atoms with Crippen molar-refractivity contribution in [1.82, 2.24) is 10.5 Å². The zero-order valence-electron chi connectivity index (χ0n) is 13.7. The van der Waals surface area contributed by atoms with Crippen LogP contribution in [0.25, 0.3) is 11.3 Å². The molecular weight excluding hydrogens is 300 g/mol. The van der Waals surface area contributed by atoms with Crippen LogP contribution in [0, 0.1) is 6.92 Å².